The molecule has 1 aromatic rings. The van der Waals surface area contributed by atoms with Gasteiger partial charge in [-0.25, -0.2) is 0 Å². The van der Waals surface area contributed by atoms with E-state index in [-0.39, 0.29) is 12.1 Å². The molecule has 1 atom stereocenters. The fraction of sp³-hybridized carbons (Fsp3) is 0.647. The minimum Gasteiger partial charge on any atom is -0.396 e. The zero-order chi connectivity index (χ0) is 14.4. The molecule has 1 aliphatic heterocycles. The highest BCUT2D eigenvalue weighted by Gasteiger charge is 2.20. The summed E-state index contributed by atoms with van der Waals surface area (Å²) >= 11 is 0. The molecule has 0 aliphatic carbocycles. The van der Waals surface area contributed by atoms with Gasteiger partial charge in [-0.1, -0.05) is 19.1 Å². The van der Waals surface area contributed by atoms with Crippen LogP contribution in [0.3, 0.4) is 0 Å². The van der Waals surface area contributed by atoms with Crippen molar-refractivity contribution in [1.29, 1.82) is 0 Å². The third-order valence-electron chi connectivity index (χ3n) is 4.57. The number of anilines is 1. The SMILES string of the molecule is CCC(C)(CCO)NCc1ccc(N2CCCC2)cc1. The molecule has 0 amide bonds. The van der Waals surface area contributed by atoms with Gasteiger partial charge in [0, 0.05) is 37.5 Å². The van der Waals surface area contributed by atoms with Crippen LogP contribution in [0.1, 0.15) is 45.1 Å². The number of benzene rings is 1. The number of aliphatic hydroxyl groups is 1. The third kappa shape index (κ3) is 3.97. The Hall–Kier alpha value is -1.06. The number of rotatable bonds is 7. The molecule has 1 fully saturated rings. The third-order valence-corrected chi connectivity index (χ3v) is 4.57. The van der Waals surface area contributed by atoms with Crippen molar-refractivity contribution in [3.63, 3.8) is 0 Å². The fourth-order valence-corrected chi connectivity index (χ4v) is 2.75. The Morgan fingerprint density at radius 3 is 2.40 bits per heavy atom. The summed E-state index contributed by atoms with van der Waals surface area (Å²) in [5.41, 5.74) is 2.69. The summed E-state index contributed by atoms with van der Waals surface area (Å²) < 4.78 is 0. The van der Waals surface area contributed by atoms with Crippen LogP contribution >= 0.6 is 0 Å². The van der Waals surface area contributed by atoms with Gasteiger partial charge in [-0.2, -0.15) is 0 Å². The molecular formula is C17H28N2O. The average Bonchev–Trinajstić information content (AvgIpc) is 3.00. The summed E-state index contributed by atoms with van der Waals surface area (Å²) in [6.07, 6.45) is 4.47. The summed E-state index contributed by atoms with van der Waals surface area (Å²) in [6, 6.07) is 8.90. The predicted octanol–water partition coefficient (Wildman–Crippen LogP) is 2.93. The maximum atomic E-state index is 9.14. The van der Waals surface area contributed by atoms with Crippen molar-refractivity contribution in [2.75, 3.05) is 24.6 Å². The molecule has 3 heteroatoms. The van der Waals surface area contributed by atoms with E-state index in [0.717, 1.165) is 19.4 Å². The lowest BCUT2D eigenvalue weighted by molar-refractivity contribution is 0.214. The van der Waals surface area contributed by atoms with E-state index in [4.69, 9.17) is 5.11 Å². The summed E-state index contributed by atoms with van der Waals surface area (Å²) in [4.78, 5) is 2.46. The zero-order valence-electron chi connectivity index (χ0n) is 12.9. The molecule has 1 aliphatic rings. The molecular weight excluding hydrogens is 248 g/mol. The van der Waals surface area contributed by atoms with Crippen LogP contribution in [-0.4, -0.2) is 30.3 Å². The van der Waals surface area contributed by atoms with E-state index in [9.17, 15) is 0 Å². The summed E-state index contributed by atoms with van der Waals surface area (Å²) in [6.45, 7) is 7.85. The topological polar surface area (TPSA) is 35.5 Å². The Labute approximate surface area is 123 Å². The molecule has 1 unspecified atom stereocenters. The van der Waals surface area contributed by atoms with Crippen molar-refractivity contribution in [2.45, 2.75) is 51.6 Å². The summed E-state index contributed by atoms with van der Waals surface area (Å²) in [7, 11) is 0. The molecule has 112 valence electrons. The molecule has 1 heterocycles. The van der Waals surface area contributed by atoms with Gasteiger partial charge in [-0.15, -0.1) is 0 Å². The lowest BCUT2D eigenvalue weighted by Gasteiger charge is -2.29. The number of aliphatic hydroxyl groups excluding tert-OH is 1. The molecule has 0 spiro atoms. The van der Waals surface area contributed by atoms with Gasteiger partial charge in [0.2, 0.25) is 0 Å². The molecule has 2 N–H and O–H groups in total. The van der Waals surface area contributed by atoms with Crippen molar-refractivity contribution >= 4 is 5.69 Å². The molecule has 0 radical (unpaired) electrons. The second-order valence-corrected chi connectivity index (χ2v) is 6.10. The Kier molecular flexibility index (Phi) is 5.44. The Morgan fingerprint density at radius 2 is 1.85 bits per heavy atom. The van der Waals surface area contributed by atoms with E-state index in [2.05, 4.69) is 48.3 Å². The minimum absolute atomic E-state index is 0.0301. The second kappa shape index (κ2) is 7.09. The van der Waals surface area contributed by atoms with Crippen molar-refractivity contribution in [3.8, 4) is 0 Å². The zero-order valence-corrected chi connectivity index (χ0v) is 12.9. The van der Waals surface area contributed by atoms with Crippen molar-refractivity contribution < 1.29 is 5.11 Å². The molecule has 2 rings (SSSR count). The van der Waals surface area contributed by atoms with Crippen molar-refractivity contribution in [2.24, 2.45) is 0 Å². The first-order valence-corrected chi connectivity index (χ1v) is 7.86. The van der Waals surface area contributed by atoms with E-state index in [1.165, 1.54) is 37.2 Å². The Morgan fingerprint density at radius 1 is 1.20 bits per heavy atom. The van der Waals surface area contributed by atoms with Crippen LogP contribution < -0.4 is 10.2 Å². The van der Waals surface area contributed by atoms with Gasteiger partial charge < -0.3 is 15.3 Å². The molecule has 1 aromatic carbocycles. The van der Waals surface area contributed by atoms with E-state index in [0.29, 0.717) is 0 Å². The quantitative estimate of drug-likeness (QED) is 0.804. The largest absolute Gasteiger partial charge is 0.396 e. The van der Waals surface area contributed by atoms with Crippen LogP contribution in [0.4, 0.5) is 5.69 Å². The van der Waals surface area contributed by atoms with Gasteiger partial charge >= 0.3 is 0 Å². The maximum Gasteiger partial charge on any atom is 0.0448 e. The number of hydrogen-bond donors (Lipinski definition) is 2. The average molecular weight is 276 g/mol. The van der Waals surface area contributed by atoms with Gasteiger partial charge in [0.1, 0.15) is 0 Å². The highest BCUT2D eigenvalue weighted by Crippen LogP contribution is 2.21. The van der Waals surface area contributed by atoms with Gasteiger partial charge in [0.15, 0.2) is 0 Å². The standard InChI is InChI=1S/C17H28N2O/c1-3-17(2,10-13-20)18-14-15-6-8-16(9-7-15)19-11-4-5-12-19/h6-9,18,20H,3-5,10-14H2,1-2H3. The lowest BCUT2D eigenvalue weighted by atomic mass is 9.94. The van der Waals surface area contributed by atoms with Crippen LogP contribution in [-0.2, 0) is 6.54 Å². The molecule has 1 saturated heterocycles. The van der Waals surface area contributed by atoms with Gasteiger partial charge in [-0.05, 0) is 50.3 Å². The van der Waals surface area contributed by atoms with Gasteiger partial charge in [0.05, 0.1) is 0 Å². The highest BCUT2D eigenvalue weighted by atomic mass is 16.3. The van der Waals surface area contributed by atoms with Crippen LogP contribution in [0, 0.1) is 0 Å². The summed E-state index contributed by atoms with van der Waals surface area (Å²) in [5.74, 6) is 0. The number of nitrogens with zero attached hydrogens (tertiary/aromatic N) is 1. The number of nitrogens with one attached hydrogen (secondary N) is 1. The van der Waals surface area contributed by atoms with Crippen LogP contribution in [0.5, 0.6) is 0 Å². The molecule has 3 nitrogen and oxygen atoms in total. The Balaban J connectivity index is 1.90. The maximum absolute atomic E-state index is 9.14. The first-order valence-electron chi connectivity index (χ1n) is 7.86. The van der Waals surface area contributed by atoms with E-state index in [1.807, 2.05) is 0 Å². The predicted molar refractivity (Wildman–Crippen MR) is 85.1 cm³/mol. The van der Waals surface area contributed by atoms with Gasteiger partial charge in [-0.3, -0.25) is 0 Å². The van der Waals surface area contributed by atoms with Crippen LogP contribution in [0.15, 0.2) is 24.3 Å². The van der Waals surface area contributed by atoms with E-state index < -0.39 is 0 Å². The molecule has 0 saturated carbocycles. The molecule has 20 heavy (non-hydrogen) atoms. The smallest absolute Gasteiger partial charge is 0.0448 e. The number of hydrogen-bond acceptors (Lipinski definition) is 3. The fourth-order valence-electron chi connectivity index (χ4n) is 2.75. The monoisotopic (exact) mass is 276 g/mol. The first kappa shape index (κ1) is 15.3. The van der Waals surface area contributed by atoms with Crippen molar-refractivity contribution in [3.05, 3.63) is 29.8 Å². The van der Waals surface area contributed by atoms with E-state index >= 15 is 0 Å². The van der Waals surface area contributed by atoms with E-state index in [1.54, 1.807) is 0 Å². The highest BCUT2D eigenvalue weighted by molar-refractivity contribution is 5.48. The lowest BCUT2D eigenvalue weighted by Crippen LogP contribution is -2.42. The summed E-state index contributed by atoms with van der Waals surface area (Å²) in [5, 5.41) is 12.7. The minimum atomic E-state index is 0.0301. The van der Waals surface area contributed by atoms with Crippen molar-refractivity contribution in [1.82, 2.24) is 5.32 Å². The Bertz CT molecular complexity index is 398. The second-order valence-electron chi connectivity index (χ2n) is 6.10. The van der Waals surface area contributed by atoms with Crippen LogP contribution in [0.2, 0.25) is 0 Å². The normalized spacial score (nSPS) is 18.2. The first-order chi connectivity index (χ1) is 9.67. The molecule has 0 bridgehead atoms. The molecule has 0 aromatic heterocycles. The van der Waals surface area contributed by atoms with Crippen LogP contribution in [0.25, 0.3) is 0 Å². The van der Waals surface area contributed by atoms with Gasteiger partial charge in [0.25, 0.3) is 0 Å².